The highest BCUT2D eigenvalue weighted by atomic mass is 32.1. The Labute approximate surface area is 70.7 Å². The van der Waals surface area contributed by atoms with Crippen LogP contribution < -0.4 is 5.32 Å². The van der Waals surface area contributed by atoms with Gasteiger partial charge < -0.3 is 5.32 Å². The fourth-order valence-corrected chi connectivity index (χ4v) is 2.38. The van der Waals surface area contributed by atoms with E-state index in [0.717, 1.165) is 6.54 Å². The van der Waals surface area contributed by atoms with Crippen LogP contribution in [0.25, 0.3) is 0 Å². The molecular formula is C8H12N2S. The quantitative estimate of drug-likeness (QED) is 0.691. The van der Waals surface area contributed by atoms with Crippen molar-refractivity contribution in [2.75, 3.05) is 6.54 Å². The molecule has 1 unspecified atom stereocenters. The van der Waals surface area contributed by atoms with E-state index in [0.29, 0.717) is 0 Å². The van der Waals surface area contributed by atoms with Crippen molar-refractivity contribution in [2.45, 2.75) is 25.3 Å². The number of aromatic nitrogens is 1. The Morgan fingerprint density at radius 1 is 1.73 bits per heavy atom. The lowest BCUT2D eigenvalue weighted by molar-refractivity contribution is 0.432. The molecule has 1 saturated heterocycles. The van der Waals surface area contributed by atoms with Crippen LogP contribution in [0, 0.1) is 0 Å². The molecule has 2 heterocycles. The summed E-state index contributed by atoms with van der Waals surface area (Å²) < 4.78 is 0. The predicted octanol–water partition coefficient (Wildman–Crippen LogP) is 1.74. The van der Waals surface area contributed by atoms with Gasteiger partial charge in [0.15, 0.2) is 0 Å². The van der Waals surface area contributed by atoms with Gasteiger partial charge in [0, 0.05) is 11.6 Å². The lowest BCUT2D eigenvalue weighted by Gasteiger charge is -2.20. The molecule has 1 N–H and O–H groups in total. The van der Waals surface area contributed by atoms with E-state index in [-0.39, 0.29) is 5.54 Å². The molecule has 2 nitrogen and oxygen atoms in total. The highest BCUT2D eigenvalue weighted by Gasteiger charge is 2.31. The predicted molar refractivity (Wildman–Crippen MR) is 46.7 cm³/mol. The third kappa shape index (κ3) is 1.19. The molecule has 11 heavy (non-hydrogen) atoms. The molecule has 1 fully saturated rings. The monoisotopic (exact) mass is 168 g/mol. The summed E-state index contributed by atoms with van der Waals surface area (Å²) in [4.78, 5) is 4.33. The number of nitrogens with one attached hydrogen (secondary N) is 1. The van der Waals surface area contributed by atoms with E-state index < -0.39 is 0 Å². The lowest BCUT2D eigenvalue weighted by Crippen LogP contribution is -2.32. The normalized spacial score (nSPS) is 31.0. The topological polar surface area (TPSA) is 24.9 Å². The summed E-state index contributed by atoms with van der Waals surface area (Å²) in [5.74, 6) is 0. The Morgan fingerprint density at radius 3 is 3.18 bits per heavy atom. The summed E-state index contributed by atoms with van der Waals surface area (Å²) in [6.07, 6.45) is 4.38. The number of rotatable bonds is 1. The molecule has 0 bridgehead atoms. The highest BCUT2D eigenvalue weighted by molar-refractivity contribution is 7.09. The van der Waals surface area contributed by atoms with E-state index in [1.54, 1.807) is 11.3 Å². The van der Waals surface area contributed by atoms with E-state index in [2.05, 4.69) is 17.2 Å². The maximum absolute atomic E-state index is 4.33. The lowest BCUT2D eigenvalue weighted by atomic mass is 10.0. The van der Waals surface area contributed by atoms with Gasteiger partial charge in [0.05, 0.1) is 5.54 Å². The standard InChI is InChI=1S/C8H12N2S/c1-8(3-2-4-10-8)7-9-5-6-11-7/h5-6,10H,2-4H2,1H3. The van der Waals surface area contributed by atoms with Crippen molar-refractivity contribution < 1.29 is 0 Å². The maximum Gasteiger partial charge on any atom is 0.112 e. The zero-order valence-electron chi connectivity index (χ0n) is 6.63. The van der Waals surface area contributed by atoms with E-state index in [1.807, 2.05) is 11.6 Å². The Bertz CT molecular complexity index is 224. The minimum absolute atomic E-state index is 0.175. The Balaban J connectivity index is 2.27. The first-order chi connectivity index (χ1) is 5.31. The van der Waals surface area contributed by atoms with Crippen LogP contribution in [0.5, 0.6) is 0 Å². The van der Waals surface area contributed by atoms with Crippen molar-refractivity contribution in [2.24, 2.45) is 0 Å². The molecule has 0 radical (unpaired) electrons. The molecular weight excluding hydrogens is 156 g/mol. The van der Waals surface area contributed by atoms with Crippen LogP contribution in [-0.2, 0) is 5.54 Å². The molecule has 0 amide bonds. The number of thiazole rings is 1. The smallest absolute Gasteiger partial charge is 0.112 e. The van der Waals surface area contributed by atoms with Gasteiger partial charge in [0.2, 0.25) is 0 Å². The summed E-state index contributed by atoms with van der Waals surface area (Å²) in [5.41, 5.74) is 0.175. The van der Waals surface area contributed by atoms with Crippen LogP contribution in [0.1, 0.15) is 24.8 Å². The van der Waals surface area contributed by atoms with Gasteiger partial charge in [-0.3, -0.25) is 0 Å². The molecule has 0 aliphatic carbocycles. The molecule has 1 aromatic rings. The first-order valence-corrected chi connectivity index (χ1v) is 4.84. The van der Waals surface area contributed by atoms with Crippen molar-refractivity contribution >= 4 is 11.3 Å². The maximum atomic E-state index is 4.33. The van der Waals surface area contributed by atoms with Crippen molar-refractivity contribution in [3.63, 3.8) is 0 Å². The van der Waals surface area contributed by atoms with Crippen LogP contribution in [0.3, 0.4) is 0 Å². The largest absolute Gasteiger partial charge is 0.306 e. The third-order valence-corrected chi connectivity index (χ3v) is 3.31. The van der Waals surface area contributed by atoms with E-state index in [1.165, 1.54) is 17.8 Å². The van der Waals surface area contributed by atoms with Crippen molar-refractivity contribution in [1.82, 2.24) is 10.3 Å². The number of hydrogen-bond donors (Lipinski definition) is 1. The summed E-state index contributed by atoms with van der Waals surface area (Å²) in [6.45, 7) is 3.37. The molecule has 1 atom stereocenters. The fraction of sp³-hybridized carbons (Fsp3) is 0.625. The molecule has 0 saturated carbocycles. The SMILES string of the molecule is CC1(c2nccs2)CCCN1. The number of nitrogens with zero attached hydrogens (tertiary/aromatic N) is 1. The summed E-state index contributed by atoms with van der Waals surface area (Å²) >= 11 is 1.75. The van der Waals surface area contributed by atoms with Crippen LogP contribution in [-0.4, -0.2) is 11.5 Å². The van der Waals surface area contributed by atoms with Crippen molar-refractivity contribution in [1.29, 1.82) is 0 Å². The molecule has 2 rings (SSSR count). The van der Waals surface area contributed by atoms with Gasteiger partial charge in [0.25, 0.3) is 0 Å². The van der Waals surface area contributed by atoms with E-state index >= 15 is 0 Å². The van der Waals surface area contributed by atoms with Crippen LogP contribution in [0.2, 0.25) is 0 Å². The summed E-state index contributed by atoms with van der Waals surface area (Å²) in [7, 11) is 0. The highest BCUT2D eigenvalue weighted by Crippen LogP contribution is 2.30. The van der Waals surface area contributed by atoms with Gasteiger partial charge in [-0.25, -0.2) is 4.98 Å². The van der Waals surface area contributed by atoms with Gasteiger partial charge in [-0.2, -0.15) is 0 Å². The molecule has 1 aliphatic heterocycles. The average molecular weight is 168 g/mol. The fourth-order valence-electron chi connectivity index (χ4n) is 1.57. The average Bonchev–Trinajstić information content (AvgIpc) is 2.55. The van der Waals surface area contributed by atoms with Crippen LogP contribution in [0.15, 0.2) is 11.6 Å². The second-order valence-electron chi connectivity index (χ2n) is 3.20. The summed E-state index contributed by atoms with van der Waals surface area (Å²) in [5, 5.41) is 6.76. The minimum atomic E-state index is 0.175. The summed E-state index contributed by atoms with van der Waals surface area (Å²) in [6, 6.07) is 0. The Hall–Kier alpha value is -0.410. The van der Waals surface area contributed by atoms with Gasteiger partial charge >= 0.3 is 0 Å². The Morgan fingerprint density at radius 2 is 2.64 bits per heavy atom. The molecule has 1 aromatic heterocycles. The van der Waals surface area contributed by atoms with Crippen molar-refractivity contribution in [3.05, 3.63) is 16.6 Å². The molecule has 60 valence electrons. The van der Waals surface area contributed by atoms with Crippen LogP contribution >= 0.6 is 11.3 Å². The number of hydrogen-bond acceptors (Lipinski definition) is 3. The molecule has 0 aromatic carbocycles. The van der Waals surface area contributed by atoms with E-state index in [9.17, 15) is 0 Å². The second-order valence-corrected chi connectivity index (χ2v) is 4.09. The molecule has 1 aliphatic rings. The van der Waals surface area contributed by atoms with Gasteiger partial charge in [0.1, 0.15) is 5.01 Å². The van der Waals surface area contributed by atoms with E-state index in [4.69, 9.17) is 0 Å². The zero-order valence-corrected chi connectivity index (χ0v) is 7.45. The molecule has 0 spiro atoms. The third-order valence-electron chi connectivity index (χ3n) is 2.27. The van der Waals surface area contributed by atoms with Crippen molar-refractivity contribution in [3.8, 4) is 0 Å². The van der Waals surface area contributed by atoms with Gasteiger partial charge in [-0.1, -0.05) is 0 Å². The molecule has 3 heteroatoms. The van der Waals surface area contributed by atoms with Gasteiger partial charge in [-0.15, -0.1) is 11.3 Å². The first kappa shape index (κ1) is 7.25. The van der Waals surface area contributed by atoms with Gasteiger partial charge in [-0.05, 0) is 26.3 Å². The zero-order chi connectivity index (χ0) is 7.73. The van der Waals surface area contributed by atoms with Crippen LogP contribution in [0.4, 0.5) is 0 Å². The second kappa shape index (κ2) is 2.57. The minimum Gasteiger partial charge on any atom is -0.306 e. The first-order valence-electron chi connectivity index (χ1n) is 3.96. The Kier molecular flexibility index (Phi) is 1.69.